The minimum Gasteiger partial charge on any atom is -0.347 e. The summed E-state index contributed by atoms with van der Waals surface area (Å²) < 4.78 is 0.996. The van der Waals surface area contributed by atoms with Gasteiger partial charge in [0.2, 0.25) is 0 Å². The number of nitrogens with zero attached hydrogens (tertiary/aromatic N) is 2. The second-order valence-corrected chi connectivity index (χ2v) is 8.37. The van der Waals surface area contributed by atoms with Crippen molar-refractivity contribution >= 4 is 33.6 Å². The number of aromatic nitrogens is 2. The zero-order chi connectivity index (χ0) is 20.9. The lowest BCUT2D eigenvalue weighted by molar-refractivity contribution is 0.102. The van der Waals surface area contributed by atoms with Crippen LogP contribution in [-0.4, -0.2) is 27.3 Å². The largest absolute Gasteiger partial charge is 0.347 e. The van der Waals surface area contributed by atoms with Gasteiger partial charge in [0.05, 0.1) is 6.33 Å². The van der Waals surface area contributed by atoms with Crippen LogP contribution in [0, 0.1) is 0 Å². The summed E-state index contributed by atoms with van der Waals surface area (Å²) in [5, 5.41) is 3.16. The Morgan fingerprint density at radius 1 is 1.27 bits per heavy atom. The molecule has 154 valence electrons. The number of benzene rings is 2. The van der Waals surface area contributed by atoms with Crippen molar-refractivity contribution in [3.05, 3.63) is 87.4 Å². The number of carbonyl (C=O) groups is 1. The van der Waals surface area contributed by atoms with Gasteiger partial charge in [-0.1, -0.05) is 47.1 Å². The molecule has 0 atom stereocenters. The fourth-order valence-electron chi connectivity index (χ4n) is 3.83. The Labute approximate surface area is 185 Å². The lowest BCUT2D eigenvalue weighted by Gasteiger charge is -2.22. The van der Waals surface area contributed by atoms with Crippen molar-refractivity contribution in [3.63, 3.8) is 0 Å². The van der Waals surface area contributed by atoms with Gasteiger partial charge in [0.25, 0.3) is 5.91 Å². The SMILES string of the molecule is CCN(Cc1cnc[nH]1)Cc1cc(Br)ccc1NC(=O)c1cccc2c1CCC=C2. The Morgan fingerprint density at radius 3 is 2.97 bits per heavy atom. The van der Waals surface area contributed by atoms with Crippen LogP contribution in [0.3, 0.4) is 0 Å². The topological polar surface area (TPSA) is 61.0 Å². The summed E-state index contributed by atoms with van der Waals surface area (Å²) in [4.78, 5) is 22.7. The second kappa shape index (κ2) is 9.41. The lowest BCUT2D eigenvalue weighted by atomic mass is 9.92. The molecule has 0 saturated carbocycles. The first-order valence-electron chi connectivity index (χ1n) is 10.2. The zero-order valence-electron chi connectivity index (χ0n) is 17.0. The predicted octanol–water partition coefficient (Wildman–Crippen LogP) is 5.41. The maximum Gasteiger partial charge on any atom is 0.255 e. The third-order valence-corrected chi connectivity index (χ3v) is 5.91. The van der Waals surface area contributed by atoms with E-state index in [0.29, 0.717) is 0 Å². The van der Waals surface area contributed by atoms with Gasteiger partial charge in [-0.25, -0.2) is 4.98 Å². The Hall–Kier alpha value is -2.70. The number of fused-ring (bicyclic) bond motifs is 1. The van der Waals surface area contributed by atoms with E-state index in [9.17, 15) is 4.79 Å². The van der Waals surface area contributed by atoms with Gasteiger partial charge in [0, 0.05) is 40.7 Å². The van der Waals surface area contributed by atoms with E-state index in [1.54, 1.807) is 6.33 Å². The molecule has 0 bridgehead atoms. The number of anilines is 1. The first-order chi connectivity index (χ1) is 14.6. The number of halogens is 1. The molecular formula is C24H25BrN4O. The molecule has 2 aromatic carbocycles. The molecule has 4 rings (SSSR count). The molecule has 0 saturated heterocycles. The highest BCUT2D eigenvalue weighted by Crippen LogP contribution is 2.26. The summed E-state index contributed by atoms with van der Waals surface area (Å²) in [5.74, 6) is -0.0534. The number of hydrogen-bond acceptors (Lipinski definition) is 3. The minimum atomic E-state index is -0.0534. The quantitative estimate of drug-likeness (QED) is 0.491. The fourth-order valence-corrected chi connectivity index (χ4v) is 4.24. The Bertz CT molecular complexity index is 1060. The average Bonchev–Trinajstić information content (AvgIpc) is 3.27. The lowest BCUT2D eigenvalue weighted by Crippen LogP contribution is -2.24. The summed E-state index contributed by atoms with van der Waals surface area (Å²) in [5.41, 5.74) is 6.02. The Balaban J connectivity index is 1.56. The number of hydrogen-bond donors (Lipinski definition) is 2. The highest BCUT2D eigenvalue weighted by molar-refractivity contribution is 9.10. The normalized spacial score (nSPS) is 12.8. The van der Waals surface area contributed by atoms with Crippen LogP contribution >= 0.6 is 15.9 Å². The van der Waals surface area contributed by atoms with Gasteiger partial charge in [-0.05, 0) is 60.3 Å². The summed E-state index contributed by atoms with van der Waals surface area (Å²) in [6.07, 6.45) is 9.68. The molecule has 1 amide bonds. The van der Waals surface area contributed by atoms with Crippen LogP contribution in [0.2, 0.25) is 0 Å². The average molecular weight is 465 g/mol. The highest BCUT2D eigenvalue weighted by atomic mass is 79.9. The molecular weight excluding hydrogens is 440 g/mol. The maximum atomic E-state index is 13.2. The molecule has 3 aromatic rings. The van der Waals surface area contributed by atoms with Crippen LogP contribution in [0.1, 0.15) is 46.1 Å². The third kappa shape index (κ3) is 4.71. The smallest absolute Gasteiger partial charge is 0.255 e. The van der Waals surface area contributed by atoms with Crippen LogP contribution in [0.25, 0.3) is 6.08 Å². The maximum absolute atomic E-state index is 13.2. The molecule has 2 N–H and O–H groups in total. The molecule has 0 aliphatic heterocycles. The second-order valence-electron chi connectivity index (χ2n) is 7.45. The predicted molar refractivity (Wildman–Crippen MR) is 124 cm³/mol. The van der Waals surface area contributed by atoms with Gasteiger partial charge in [-0.15, -0.1) is 0 Å². The zero-order valence-corrected chi connectivity index (χ0v) is 18.6. The number of imidazole rings is 1. The molecule has 5 nitrogen and oxygen atoms in total. The summed E-state index contributed by atoms with van der Waals surface area (Å²) >= 11 is 3.57. The van der Waals surface area contributed by atoms with Gasteiger partial charge in [-0.3, -0.25) is 9.69 Å². The summed E-state index contributed by atoms with van der Waals surface area (Å²) in [6.45, 7) is 4.52. The number of H-pyrrole nitrogens is 1. The molecule has 0 radical (unpaired) electrons. The number of carbonyl (C=O) groups excluding carboxylic acids is 1. The molecule has 0 fully saturated rings. The van der Waals surface area contributed by atoms with Gasteiger partial charge >= 0.3 is 0 Å². The molecule has 0 unspecified atom stereocenters. The van der Waals surface area contributed by atoms with Crippen LogP contribution in [0.4, 0.5) is 5.69 Å². The van der Waals surface area contributed by atoms with Crippen LogP contribution in [0.5, 0.6) is 0 Å². The van der Waals surface area contributed by atoms with E-state index in [1.807, 2.05) is 30.5 Å². The number of nitrogens with one attached hydrogen (secondary N) is 2. The van der Waals surface area contributed by atoms with Gasteiger partial charge in [0.15, 0.2) is 0 Å². The third-order valence-electron chi connectivity index (χ3n) is 5.42. The molecule has 6 heteroatoms. The Kier molecular flexibility index (Phi) is 6.45. The van der Waals surface area contributed by atoms with Gasteiger partial charge in [-0.2, -0.15) is 0 Å². The molecule has 1 aliphatic carbocycles. The van der Waals surface area contributed by atoms with Crippen molar-refractivity contribution in [1.82, 2.24) is 14.9 Å². The van der Waals surface area contributed by atoms with Crippen LogP contribution in [-0.2, 0) is 19.5 Å². The minimum absolute atomic E-state index is 0.0534. The van der Waals surface area contributed by atoms with Crippen molar-refractivity contribution in [2.45, 2.75) is 32.9 Å². The first-order valence-corrected chi connectivity index (χ1v) is 11.0. The van der Waals surface area contributed by atoms with Crippen molar-refractivity contribution in [1.29, 1.82) is 0 Å². The molecule has 0 spiro atoms. The van der Waals surface area contributed by atoms with E-state index in [-0.39, 0.29) is 5.91 Å². The first kappa shape index (κ1) is 20.6. The molecule has 1 aromatic heterocycles. The van der Waals surface area contributed by atoms with Crippen molar-refractivity contribution < 1.29 is 4.79 Å². The molecule has 1 heterocycles. The van der Waals surface area contributed by atoms with E-state index < -0.39 is 0 Å². The highest BCUT2D eigenvalue weighted by Gasteiger charge is 2.17. The van der Waals surface area contributed by atoms with E-state index in [0.717, 1.165) is 70.6 Å². The van der Waals surface area contributed by atoms with E-state index in [1.165, 1.54) is 0 Å². The van der Waals surface area contributed by atoms with Gasteiger partial charge in [0.1, 0.15) is 0 Å². The van der Waals surface area contributed by atoms with Crippen molar-refractivity contribution in [3.8, 4) is 0 Å². The summed E-state index contributed by atoms with van der Waals surface area (Å²) in [6, 6.07) is 12.0. The van der Waals surface area contributed by atoms with E-state index >= 15 is 0 Å². The Morgan fingerprint density at radius 2 is 2.17 bits per heavy atom. The standard InChI is InChI=1S/C24H25BrN4O/c1-2-29(15-20-13-26-16-27-20)14-18-12-19(25)10-11-23(18)28-24(30)22-9-5-7-17-6-3-4-8-21(17)22/h3,5-7,9-13,16H,2,4,8,14-15H2,1H3,(H,26,27)(H,28,30). The van der Waals surface area contributed by atoms with Crippen LogP contribution in [0.15, 0.2) is 59.5 Å². The van der Waals surface area contributed by atoms with Gasteiger partial charge < -0.3 is 10.3 Å². The van der Waals surface area contributed by atoms with E-state index in [2.05, 4.69) is 67.3 Å². The monoisotopic (exact) mass is 464 g/mol. The van der Waals surface area contributed by atoms with Crippen LogP contribution < -0.4 is 5.32 Å². The summed E-state index contributed by atoms with van der Waals surface area (Å²) in [7, 11) is 0. The molecule has 30 heavy (non-hydrogen) atoms. The fraction of sp³-hybridized carbons (Fsp3) is 0.250. The van der Waals surface area contributed by atoms with Crippen molar-refractivity contribution in [2.75, 3.05) is 11.9 Å². The number of amides is 1. The number of rotatable bonds is 7. The number of allylic oxidation sites excluding steroid dienone is 1. The number of aromatic amines is 1. The molecule has 1 aliphatic rings. The van der Waals surface area contributed by atoms with E-state index in [4.69, 9.17) is 0 Å². The van der Waals surface area contributed by atoms with Crippen molar-refractivity contribution in [2.24, 2.45) is 0 Å².